The number of hydrogen-bond donors (Lipinski definition) is 1. The number of halogens is 3. The quantitative estimate of drug-likeness (QED) is 0.619. The highest BCUT2D eigenvalue weighted by atomic mass is 32.2. The molecule has 23 heavy (non-hydrogen) atoms. The van der Waals surface area contributed by atoms with Crippen molar-refractivity contribution in [1.82, 2.24) is 0 Å². The summed E-state index contributed by atoms with van der Waals surface area (Å²) >= 11 is 0. The van der Waals surface area contributed by atoms with E-state index in [1.54, 1.807) is 0 Å². The third kappa shape index (κ3) is 2.08. The van der Waals surface area contributed by atoms with E-state index in [-0.39, 0.29) is 11.8 Å². The Morgan fingerprint density at radius 1 is 1.00 bits per heavy atom. The van der Waals surface area contributed by atoms with E-state index in [4.69, 9.17) is 0 Å². The summed E-state index contributed by atoms with van der Waals surface area (Å²) < 4.78 is 69.3. The number of alkyl halides is 3. The summed E-state index contributed by atoms with van der Waals surface area (Å²) in [6, 6.07) is 0. The van der Waals surface area contributed by atoms with Crippen LogP contribution in [0, 0.1) is 41.4 Å². The average Bonchev–Trinajstić information content (AvgIpc) is 3.14. The smallest absolute Gasteiger partial charge is 0.285 e. The summed E-state index contributed by atoms with van der Waals surface area (Å²) in [5.74, 6) is 3.07. The van der Waals surface area contributed by atoms with E-state index in [0.717, 1.165) is 12.3 Å². The Labute approximate surface area is 134 Å². The molecule has 4 rings (SSSR count). The normalized spacial score (nSPS) is 47.8. The Balaban J connectivity index is 1.59. The van der Waals surface area contributed by atoms with E-state index in [1.165, 1.54) is 19.3 Å². The van der Waals surface area contributed by atoms with Gasteiger partial charge in [0.25, 0.3) is 10.1 Å². The number of rotatable bonds is 3. The number of fused-ring (bicyclic) bond motifs is 9. The molecule has 3 nitrogen and oxygen atoms in total. The summed E-state index contributed by atoms with van der Waals surface area (Å²) in [6.45, 7) is 0.645. The molecular formula is C16H23F3O3S. The summed E-state index contributed by atoms with van der Waals surface area (Å²) in [6.07, 6.45) is -0.0816. The molecule has 4 saturated carbocycles. The molecule has 1 N–H and O–H groups in total. The Morgan fingerprint density at radius 2 is 1.61 bits per heavy atom. The molecule has 0 spiro atoms. The van der Waals surface area contributed by atoms with Gasteiger partial charge in [-0.3, -0.25) is 4.55 Å². The summed E-state index contributed by atoms with van der Waals surface area (Å²) in [5.41, 5.74) is 0. The second-order valence-electron chi connectivity index (χ2n) is 8.55. The van der Waals surface area contributed by atoms with Gasteiger partial charge < -0.3 is 0 Å². The molecule has 0 aliphatic heterocycles. The second-order valence-corrected chi connectivity index (χ2v) is 10.4. The maximum Gasteiger partial charge on any atom is 0.410 e. The topological polar surface area (TPSA) is 54.4 Å². The van der Waals surface area contributed by atoms with Crippen LogP contribution in [0.5, 0.6) is 0 Å². The van der Waals surface area contributed by atoms with Gasteiger partial charge in [-0.2, -0.15) is 21.6 Å². The van der Waals surface area contributed by atoms with E-state index < -0.39 is 27.5 Å². The average molecular weight is 352 g/mol. The molecule has 4 aliphatic carbocycles. The fourth-order valence-electron chi connectivity index (χ4n) is 6.80. The standard InChI is InChI=1S/C16H23F3O3S/c1-15(16(17,18)19,23(20,21)22)7-11-5-10-6-12(11)14-9-3-2-8(4-9)13(10)14/h8-14H,2-7H2,1H3,(H,20,21,22). The molecule has 0 amide bonds. The molecule has 4 aliphatic rings. The fraction of sp³-hybridized carbons (Fsp3) is 1.00. The third-order valence-corrected chi connectivity index (χ3v) is 9.23. The van der Waals surface area contributed by atoms with E-state index in [0.29, 0.717) is 37.0 Å². The van der Waals surface area contributed by atoms with Crippen molar-refractivity contribution in [3.63, 3.8) is 0 Å². The molecule has 8 atom stereocenters. The minimum absolute atomic E-state index is 0.226. The molecule has 0 heterocycles. The molecule has 0 aromatic carbocycles. The third-order valence-electron chi connectivity index (χ3n) is 7.69. The minimum Gasteiger partial charge on any atom is -0.285 e. The second kappa shape index (κ2) is 4.65. The maximum absolute atomic E-state index is 13.4. The zero-order valence-corrected chi connectivity index (χ0v) is 13.9. The Morgan fingerprint density at radius 3 is 2.17 bits per heavy atom. The summed E-state index contributed by atoms with van der Waals surface area (Å²) in [4.78, 5) is 0. The molecule has 8 unspecified atom stereocenters. The van der Waals surface area contributed by atoms with Crippen molar-refractivity contribution >= 4 is 10.1 Å². The molecule has 4 fully saturated rings. The lowest BCUT2D eigenvalue weighted by Gasteiger charge is -2.41. The van der Waals surface area contributed by atoms with Crippen molar-refractivity contribution < 1.29 is 26.1 Å². The van der Waals surface area contributed by atoms with Crippen LogP contribution in [0.4, 0.5) is 13.2 Å². The highest BCUT2D eigenvalue weighted by Gasteiger charge is 2.66. The van der Waals surface area contributed by atoms with Crippen LogP contribution in [-0.2, 0) is 10.1 Å². The largest absolute Gasteiger partial charge is 0.410 e. The highest BCUT2D eigenvalue weighted by molar-refractivity contribution is 7.87. The lowest BCUT2D eigenvalue weighted by Crippen LogP contribution is -2.51. The lowest BCUT2D eigenvalue weighted by molar-refractivity contribution is -0.164. The van der Waals surface area contributed by atoms with Crippen molar-refractivity contribution in [2.45, 2.75) is 56.4 Å². The van der Waals surface area contributed by atoms with Gasteiger partial charge in [0.15, 0.2) is 4.75 Å². The van der Waals surface area contributed by atoms with Crippen LogP contribution in [0.1, 0.15) is 45.4 Å². The van der Waals surface area contributed by atoms with Gasteiger partial charge in [-0.25, -0.2) is 0 Å². The van der Waals surface area contributed by atoms with Crippen LogP contribution < -0.4 is 0 Å². The zero-order valence-electron chi connectivity index (χ0n) is 13.1. The number of hydrogen-bond acceptors (Lipinski definition) is 2. The lowest BCUT2D eigenvalue weighted by atomic mass is 9.66. The van der Waals surface area contributed by atoms with E-state index in [1.807, 2.05) is 0 Å². The van der Waals surface area contributed by atoms with Crippen molar-refractivity contribution in [1.29, 1.82) is 0 Å². The molecule has 0 aromatic heterocycles. The van der Waals surface area contributed by atoms with E-state index in [9.17, 15) is 26.1 Å². The predicted octanol–water partition coefficient (Wildman–Crippen LogP) is 3.90. The van der Waals surface area contributed by atoms with Crippen LogP contribution >= 0.6 is 0 Å². The first-order chi connectivity index (χ1) is 10.5. The van der Waals surface area contributed by atoms with Gasteiger partial charge >= 0.3 is 6.18 Å². The first kappa shape index (κ1) is 16.2. The van der Waals surface area contributed by atoms with Gasteiger partial charge in [-0.1, -0.05) is 0 Å². The van der Waals surface area contributed by atoms with Gasteiger partial charge in [-0.15, -0.1) is 0 Å². The highest BCUT2D eigenvalue weighted by Crippen LogP contribution is 2.69. The van der Waals surface area contributed by atoms with E-state index in [2.05, 4.69) is 0 Å². The summed E-state index contributed by atoms with van der Waals surface area (Å²) in [5, 5.41) is 0. The first-order valence-corrected chi connectivity index (χ1v) is 10.0. The minimum atomic E-state index is -5.18. The van der Waals surface area contributed by atoms with Crippen LogP contribution in [0.3, 0.4) is 0 Å². The molecule has 0 saturated heterocycles. The molecule has 0 radical (unpaired) electrons. The monoisotopic (exact) mass is 352 g/mol. The Bertz CT molecular complexity index is 617. The SMILES string of the molecule is CC(CC1CC2CC1C1C3CCC(C3)C21)(C(F)(F)F)S(=O)(=O)O. The van der Waals surface area contributed by atoms with Crippen LogP contribution in [-0.4, -0.2) is 23.9 Å². The zero-order chi connectivity index (χ0) is 16.8. The van der Waals surface area contributed by atoms with Crippen LogP contribution in [0.15, 0.2) is 0 Å². The van der Waals surface area contributed by atoms with Gasteiger partial charge in [0, 0.05) is 0 Å². The van der Waals surface area contributed by atoms with Crippen molar-refractivity contribution in [3.05, 3.63) is 0 Å². The first-order valence-electron chi connectivity index (χ1n) is 8.56. The van der Waals surface area contributed by atoms with Crippen molar-refractivity contribution in [2.75, 3.05) is 0 Å². The van der Waals surface area contributed by atoms with Crippen molar-refractivity contribution in [3.8, 4) is 0 Å². The van der Waals surface area contributed by atoms with Crippen LogP contribution in [0.25, 0.3) is 0 Å². The van der Waals surface area contributed by atoms with Crippen LogP contribution in [0.2, 0.25) is 0 Å². The van der Waals surface area contributed by atoms with Gasteiger partial charge in [-0.05, 0) is 86.9 Å². The predicted molar refractivity (Wildman–Crippen MR) is 78.1 cm³/mol. The van der Waals surface area contributed by atoms with Gasteiger partial charge in [0.2, 0.25) is 0 Å². The molecular weight excluding hydrogens is 329 g/mol. The maximum atomic E-state index is 13.4. The summed E-state index contributed by atoms with van der Waals surface area (Å²) in [7, 11) is -5.18. The molecule has 4 bridgehead atoms. The van der Waals surface area contributed by atoms with E-state index >= 15 is 0 Å². The molecule has 0 aromatic rings. The Kier molecular flexibility index (Phi) is 3.27. The Hall–Kier alpha value is -0.300. The molecule has 7 heteroatoms. The van der Waals surface area contributed by atoms with Gasteiger partial charge in [0.05, 0.1) is 0 Å². The van der Waals surface area contributed by atoms with Crippen molar-refractivity contribution in [2.24, 2.45) is 41.4 Å². The van der Waals surface area contributed by atoms with Gasteiger partial charge in [0.1, 0.15) is 0 Å². The molecule has 132 valence electrons. The fourth-order valence-corrected chi connectivity index (χ4v) is 7.52.